The lowest BCUT2D eigenvalue weighted by Crippen LogP contribution is -2.31. The zero-order chi connectivity index (χ0) is 17.1. The standard InChI is InChI=1S/C18H16F2N2O2/c1-22(8-9-24-17-5-3-2-4-14(17)20)18(23)16-11-12-10-13(19)6-7-15(12)21-16/h2-7,10-11,21H,8-9H2,1H3. The lowest BCUT2D eigenvalue weighted by molar-refractivity contribution is 0.0768. The first-order valence-electron chi connectivity index (χ1n) is 7.45. The first-order chi connectivity index (χ1) is 11.5. The van der Waals surface area contributed by atoms with E-state index in [1.807, 2.05) is 0 Å². The third-order valence-corrected chi connectivity index (χ3v) is 3.68. The molecule has 124 valence electrons. The van der Waals surface area contributed by atoms with Crippen LogP contribution >= 0.6 is 0 Å². The van der Waals surface area contributed by atoms with Crippen molar-refractivity contribution in [2.45, 2.75) is 0 Å². The number of benzene rings is 2. The highest BCUT2D eigenvalue weighted by Crippen LogP contribution is 2.18. The van der Waals surface area contributed by atoms with Crippen molar-refractivity contribution < 1.29 is 18.3 Å². The Morgan fingerprint density at radius 2 is 1.96 bits per heavy atom. The normalized spacial score (nSPS) is 10.8. The van der Waals surface area contributed by atoms with Gasteiger partial charge in [-0.2, -0.15) is 0 Å². The van der Waals surface area contributed by atoms with E-state index in [0.717, 1.165) is 0 Å². The number of carbonyl (C=O) groups is 1. The summed E-state index contributed by atoms with van der Waals surface area (Å²) in [5.41, 5.74) is 1.06. The van der Waals surface area contributed by atoms with E-state index in [0.29, 0.717) is 16.6 Å². The molecule has 0 aliphatic carbocycles. The van der Waals surface area contributed by atoms with Crippen LogP contribution in [0.3, 0.4) is 0 Å². The number of nitrogens with zero attached hydrogens (tertiary/aromatic N) is 1. The van der Waals surface area contributed by atoms with Crippen LogP contribution in [0.15, 0.2) is 48.5 Å². The molecule has 0 atom stereocenters. The summed E-state index contributed by atoms with van der Waals surface area (Å²) < 4.78 is 32.0. The van der Waals surface area contributed by atoms with E-state index in [4.69, 9.17) is 4.74 Å². The van der Waals surface area contributed by atoms with Crippen molar-refractivity contribution in [1.29, 1.82) is 0 Å². The molecule has 3 rings (SSSR count). The van der Waals surface area contributed by atoms with Crippen LogP contribution < -0.4 is 4.74 Å². The SMILES string of the molecule is CN(CCOc1ccccc1F)C(=O)c1cc2cc(F)ccc2[nH]1. The molecule has 0 radical (unpaired) electrons. The quantitative estimate of drug-likeness (QED) is 0.777. The molecule has 0 fully saturated rings. The van der Waals surface area contributed by atoms with Crippen molar-refractivity contribution >= 4 is 16.8 Å². The van der Waals surface area contributed by atoms with E-state index >= 15 is 0 Å². The third-order valence-electron chi connectivity index (χ3n) is 3.68. The molecule has 1 N–H and O–H groups in total. The zero-order valence-electron chi connectivity index (χ0n) is 13.1. The maximum atomic E-state index is 13.4. The molecule has 0 aliphatic rings. The monoisotopic (exact) mass is 330 g/mol. The Balaban J connectivity index is 1.62. The predicted octanol–water partition coefficient (Wildman–Crippen LogP) is 3.60. The van der Waals surface area contributed by atoms with Crippen LogP contribution in [-0.2, 0) is 0 Å². The Bertz CT molecular complexity index is 876. The van der Waals surface area contributed by atoms with Gasteiger partial charge in [0.1, 0.15) is 18.1 Å². The Hall–Kier alpha value is -2.89. The van der Waals surface area contributed by atoms with Crippen LogP contribution in [0.1, 0.15) is 10.5 Å². The number of hydrogen-bond donors (Lipinski definition) is 1. The first-order valence-corrected chi connectivity index (χ1v) is 7.45. The number of rotatable bonds is 5. The number of ether oxygens (including phenoxy) is 1. The smallest absolute Gasteiger partial charge is 0.270 e. The molecule has 0 unspecified atom stereocenters. The van der Waals surface area contributed by atoms with Crippen molar-refractivity contribution in [2.75, 3.05) is 20.2 Å². The van der Waals surface area contributed by atoms with Gasteiger partial charge in [0.25, 0.3) is 5.91 Å². The molecule has 6 heteroatoms. The molecule has 0 spiro atoms. The van der Waals surface area contributed by atoms with Gasteiger partial charge in [-0.1, -0.05) is 12.1 Å². The van der Waals surface area contributed by atoms with Gasteiger partial charge in [-0.25, -0.2) is 8.78 Å². The lowest BCUT2D eigenvalue weighted by atomic mass is 10.2. The van der Waals surface area contributed by atoms with Gasteiger partial charge >= 0.3 is 0 Å². The highest BCUT2D eigenvalue weighted by Gasteiger charge is 2.15. The topological polar surface area (TPSA) is 45.3 Å². The minimum absolute atomic E-state index is 0.152. The van der Waals surface area contributed by atoms with Gasteiger partial charge in [0.2, 0.25) is 0 Å². The second-order valence-electron chi connectivity index (χ2n) is 5.42. The summed E-state index contributed by atoms with van der Waals surface area (Å²) >= 11 is 0. The largest absolute Gasteiger partial charge is 0.489 e. The summed E-state index contributed by atoms with van der Waals surface area (Å²) in [5.74, 6) is -0.889. The van der Waals surface area contributed by atoms with Crippen LogP contribution in [-0.4, -0.2) is 36.0 Å². The molecule has 2 aromatic carbocycles. The van der Waals surface area contributed by atoms with E-state index in [1.165, 1.54) is 29.2 Å². The summed E-state index contributed by atoms with van der Waals surface area (Å²) in [5, 5.41) is 0.634. The molecule has 0 aliphatic heterocycles. The number of hydrogen-bond acceptors (Lipinski definition) is 2. The van der Waals surface area contributed by atoms with Gasteiger partial charge in [0, 0.05) is 18.0 Å². The number of aromatic amines is 1. The summed E-state index contributed by atoms with van der Waals surface area (Å²) in [7, 11) is 1.62. The molecular weight excluding hydrogens is 314 g/mol. The van der Waals surface area contributed by atoms with E-state index < -0.39 is 5.82 Å². The maximum Gasteiger partial charge on any atom is 0.270 e. The van der Waals surface area contributed by atoms with Crippen molar-refractivity contribution in [1.82, 2.24) is 9.88 Å². The van der Waals surface area contributed by atoms with Crippen LogP contribution in [0.5, 0.6) is 5.75 Å². The highest BCUT2D eigenvalue weighted by molar-refractivity contribution is 5.97. The van der Waals surface area contributed by atoms with E-state index in [-0.39, 0.29) is 30.6 Å². The van der Waals surface area contributed by atoms with Crippen LogP contribution in [0, 0.1) is 11.6 Å². The fourth-order valence-electron chi connectivity index (χ4n) is 2.38. The second kappa shape index (κ2) is 6.70. The summed E-state index contributed by atoms with van der Waals surface area (Å²) in [4.78, 5) is 16.8. The number of likely N-dealkylation sites (N-methyl/N-ethyl adjacent to an activating group) is 1. The molecule has 1 aromatic heterocycles. The number of halogens is 2. The summed E-state index contributed by atoms with van der Waals surface area (Å²) in [6.07, 6.45) is 0. The summed E-state index contributed by atoms with van der Waals surface area (Å²) in [6, 6.07) is 12.0. The minimum atomic E-state index is -0.441. The number of carbonyl (C=O) groups excluding carboxylic acids is 1. The Morgan fingerprint density at radius 3 is 2.75 bits per heavy atom. The van der Waals surface area contributed by atoms with E-state index in [9.17, 15) is 13.6 Å². The average molecular weight is 330 g/mol. The molecule has 0 saturated heterocycles. The molecule has 0 saturated carbocycles. The van der Waals surface area contributed by atoms with Gasteiger partial charge < -0.3 is 14.6 Å². The minimum Gasteiger partial charge on any atom is -0.489 e. The second-order valence-corrected chi connectivity index (χ2v) is 5.42. The number of aromatic nitrogens is 1. The Kier molecular flexibility index (Phi) is 4.46. The molecular formula is C18H16F2N2O2. The van der Waals surface area contributed by atoms with Gasteiger partial charge in [0.05, 0.1) is 6.54 Å². The van der Waals surface area contributed by atoms with Crippen molar-refractivity contribution in [3.63, 3.8) is 0 Å². The molecule has 0 bridgehead atoms. The highest BCUT2D eigenvalue weighted by atomic mass is 19.1. The van der Waals surface area contributed by atoms with E-state index in [2.05, 4.69) is 4.98 Å². The van der Waals surface area contributed by atoms with Crippen LogP contribution in [0.4, 0.5) is 8.78 Å². The van der Waals surface area contributed by atoms with Gasteiger partial charge in [0.15, 0.2) is 11.6 Å². The van der Waals surface area contributed by atoms with Crippen LogP contribution in [0.25, 0.3) is 10.9 Å². The van der Waals surface area contributed by atoms with Gasteiger partial charge in [-0.15, -0.1) is 0 Å². The number of amides is 1. The Morgan fingerprint density at radius 1 is 1.17 bits per heavy atom. The van der Waals surface area contributed by atoms with Crippen LogP contribution in [0.2, 0.25) is 0 Å². The molecule has 1 amide bonds. The number of nitrogens with one attached hydrogen (secondary N) is 1. The van der Waals surface area contributed by atoms with Crippen molar-refractivity contribution in [3.05, 3.63) is 65.9 Å². The predicted molar refractivity (Wildman–Crippen MR) is 87.1 cm³/mol. The zero-order valence-corrected chi connectivity index (χ0v) is 13.1. The molecule has 1 heterocycles. The number of para-hydroxylation sites is 1. The van der Waals surface area contributed by atoms with Crippen molar-refractivity contribution in [3.8, 4) is 5.75 Å². The number of H-pyrrole nitrogens is 1. The molecule has 3 aromatic rings. The fourth-order valence-corrected chi connectivity index (χ4v) is 2.38. The fraction of sp³-hybridized carbons (Fsp3) is 0.167. The third kappa shape index (κ3) is 3.37. The molecule has 4 nitrogen and oxygen atoms in total. The lowest BCUT2D eigenvalue weighted by Gasteiger charge is -2.16. The van der Waals surface area contributed by atoms with Gasteiger partial charge in [-0.05, 0) is 36.4 Å². The number of fused-ring (bicyclic) bond motifs is 1. The first kappa shape index (κ1) is 16.0. The van der Waals surface area contributed by atoms with E-state index in [1.54, 1.807) is 31.3 Å². The van der Waals surface area contributed by atoms with Crippen molar-refractivity contribution in [2.24, 2.45) is 0 Å². The van der Waals surface area contributed by atoms with Gasteiger partial charge in [-0.3, -0.25) is 4.79 Å². The molecule has 24 heavy (non-hydrogen) atoms. The summed E-state index contributed by atoms with van der Waals surface area (Å²) in [6.45, 7) is 0.453. The maximum absolute atomic E-state index is 13.4. The average Bonchev–Trinajstić information content (AvgIpc) is 2.98. The Labute approximate surface area is 137 Å².